The molecule has 1 saturated heterocycles. The summed E-state index contributed by atoms with van der Waals surface area (Å²) in [4.78, 5) is 37.1. The maximum Gasteiger partial charge on any atom is 0.319 e. The summed E-state index contributed by atoms with van der Waals surface area (Å²) in [5.41, 5.74) is 0.279. The Morgan fingerprint density at radius 1 is 1.28 bits per heavy atom. The Balaban J connectivity index is 2.12. The molecule has 0 aromatic heterocycles. The summed E-state index contributed by atoms with van der Waals surface area (Å²) in [5, 5.41) is 14.7. The van der Waals surface area contributed by atoms with Gasteiger partial charge in [-0.05, 0) is 45.4 Å². The van der Waals surface area contributed by atoms with Crippen LogP contribution >= 0.6 is 11.6 Å². The highest BCUT2D eigenvalue weighted by Gasteiger charge is 2.32. The molecule has 7 nitrogen and oxygen atoms in total. The summed E-state index contributed by atoms with van der Waals surface area (Å²) in [5.74, 6) is -1.80. The molecule has 1 aliphatic heterocycles. The Labute approximate surface area is 151 Å². The number of nitrogens with zero attached hydrogens (tertiary/aromatic N) is 1. The standard InChI is InChI=1S/C17H22ClN3O4/c1-17(2,3)20-16(25)19-11-4-5-13(18)12(8-11)14(22)21-7-6-10(9-21)15(23)24/h4-5,8,10H,6-7,9H2,1-3H3,(H,23,24)(H2,19,20,25). The zero-order chi connectivity index (χ0) is 18.8. The number of carboxylic acids is 1. The average molecular weight is 368 g/mol. The van der Waals surface area contributed by atoms with Crippen LogP contribution in [-0.4, -0.2) is 46.5 Å². The van der Waals surface area contributed by atoms with Gasteiger partial charge in [-0.25, -0.2) is 4.79 Å². The molecule has 0 saturated carbocycles. The summed E-state index contributed by atoms with van der Waals surface area (Å²) in [6.45, 7) is 6.10. The van der Waals surface area contributed by atoms with Gasteiger partial charge in [0.2, 0.25) is 0 Å². The predicted octanol–water partition coefficient (Wildman–Crippen LogP) is 2.81. The van der Waals surface area contributed by atoms with E-state index in [2.05, 4.69) is 10.6 Å². The first kappa shape index (κ1) is 19.1. The fourth-order valence-electron chi connectivity index (χ4n) is 2.59. The van der Waals surface area contributed by atoms with Gasteiger partial charge >= 0.3 is 12.0 Å². The lowest BCUT2D eigenvalue weighted by molar-refractivity contribution is -0.141. The van der Waals surface area contributed by atoms with Crippen LogP contribution in [0.25, 0.3) is 0 Å². The Bertz CT molecular complexity index is 700. The SMILES string of the molecule is CC(C)(C)NC(=O)Nc1ccc(Cl)c(C(=O)N2CCC(C(=O)O)C2)c1. The molecule has 1 fully saturated rings. The van der Waals surface area contributed by atoms with Crippen LogP contribution < -0.4 is 10.6 Å². The van der Waals surface area contributed by atoms with E-state index in [1.807, 2.05) is 20.8 Å². The van der Waals surface area contributed by atoms with E-state index in [0.29, 0.717) is 18.7 Å². The van der Waals surface area contributed by atoms with Gasteiger partial charge in [0.25, 0.3) is 5.91 Å². The summed E-state index contributed by atoms with van der Waals surface area (Å²) >= 11 is 6.12. The number of carbonyl (C=O) groups is 3. The van der Waals surface area contributed by atoms with Crippen LogP contribution in [-0.2, 0) is 4.79 Å². The van der Waals surface area contributed by atoms with E-state index in [1.54, 1.807) is 6.07 Å². The third kappa shape index (κ3) is 5.09. The maximum absolute atomic E-state index is 12.6. The van der Waals surface area contributed by atoms with Crippen LogP contribution in [0.5, 0.6) is 0 Å². The number of urea groups is 1. The summed E-state index contributed by atoms with van der Waals surface area (Å²) in [7, 11) is 0. The highest BCUT2D eigenvalue weighted by Crippen LogP contribution is 2.25. The lowest BCUT2D eigenvalue weighted by atomic mass is 10.1. The number of anilines is 1. The van der Waals surface area contributed by atoms with Crippen molar-refractivity contribution in [3.8, 4) is 0 Å². The van der Waals surface area contributed by atoms with Crippen molar-refractivity contribution in [2.75, 3.05) is 18.4 Å². The van der Waals surface area contributed by atoms with E-state index in [-0.39, 0.29) is 29.1 Å². The van der Waals surface area contributed by atoms with Gasteiger partial charge in [-0.3, -0.25) is 9.59 Å². The maximum atomic E-state index is 12.6. The van der Waals surface area contributed by atoms with E-state index >= 15 is 0 Å². The average Bonchev–Trinajstić information content (AvgIpc) is 2.96. The third-order valence-electron chi connectivity index (χ3n) is 3.77. The zero-order valence-corrected chi connectivity index (χ0v) is 15.2. The molecule has 1 aromatic rings. The monoisotopic (exact) mass is 367 g/mol. The van der Waals surface area contributed by atoms with Gasteiger partial charge in [0.1, 0.15) is 0 Å². The number of halogens is 1. The van der Waals surface area contributed by atoms with Crippen LogP contribution in [0.1, 0.15) is 37.6 Å². The number of aliphatic carboxylic acids is 1. The largest absolute Gasteiger partial charge is 0.481 e. The van der Waals surface area contributed by atoms with E-state index in [0.717, 1.165) is 0 Å². The number of carboxylic acid groups (broad SMARTS) is 1. The molecule has 1 aromatic carbocycles. The van der Waals surface area contributed by atoms with E-state index in [4.69, 9.17) is 16.7 Å². The highest BCUT2D eigenvalue weighted by molar-refractivity contribution is 6.34. The quantitative estimate of drug-likeness (QED) is 0.764. The number of carbonyl (C=O) groups excluding carboxylic acids is 2. The molecule has 3 N–H and O–H groups in total. The number of benzene rings is 1. The summed E-state index contributed by atoms with van der Waals surface area (Å²) < 4.78 is 0. The van der Waals surface area contributed by atoms with Crippen molar-refractivity contribution in [1.82, 2.24) is 10.2 Å². The summed E-state index contributed by atoms with van der Waals surface area (Å²) in [6, 6.07) is 4.25. The van der Waals surface area contributed by atoms with E-state index < -0.39 is 17.4 Å². The third-order valence-corrected chi connectivity index (χ3v) is 4.10. The second-order valence-electron chi connectivity index (χ2n) is 7.10. The first-order chi connectivity index (χ1) is 11.6. The van der Waals surface area contributed by atoms with Gasteiger partial charge in [0.05, 0.1) is 16.5 Å². The second kappa shape index (κ2) is 7.31. The van der Waals surface area contributed by atoms with E-state index in [1.165, 1.54) is 17.0 Å². The molecule has 1 atom stereocenters. The highest BCUT2D eigenvalue weighted by atomic mass is 35.5. The number of rotatable bonds is 3. The van der Waals surface area contributed by atoms with Crippen molar-refractivity contribution < 1.29 is 19.5 Å². The van der Waals surface area contributed by atoms with Gasteiger partial charge in [-0.1, -0.05) is 11.6 Å². The van der Waals surface area contributed by atoms with Gasteiger partial charge in [-0.2, -0.15) is 0 Å². The van der Waals surface area contributed by atoms with Crippen molar-refractivity contribution in [3.63, 3.8) is 0 Å². The molecule has 136 valence electrons. The molecule has 1 unspecified atom stereocenters. The molecule has 8 heteroatoms. The van der Waals surface area contributed by atoms with Crippen LogP contribution in [0, 0.1) is 5.92 Å². The molecule has 0 aliphatic carbocycles. The first-order valence-corrected chi connectivity index (χ1v) is 8.35. The Kier molecular flexibility index (Phi) is 5.57. The number of nitrogens with one attached hydrogen (secondary N) is 2. The van der Waals surface area contributed by atoms with Crippen molar-refractivity contribution in [3.05, 3.63) is 28.8 Å². The minimum Gasteiger partial charge on any atom is -0.481 e. The van der Waals surface area contributed by atoms with E-state index in [9.17, 15) is 14.4 Å². The molecule has 0 spiro atoms. The van der Waals surface area contributed by atoms with Crippen molar-refractivity contribution in [2.45, 2.75) is 32.7 Å². The smallest absolute Gasteiger partial charge is 0.319 e. The minimum atomic E-state index is -0.907. The molecule has 25 heavy (non-hydrogen) atoms. The van der Waals surface area contributed by atoms with Crippen LogP contribution in [0.3, 0.4) is 0 Å². The molecule has 0 bridgehead atoms. The molecule has 3 amide bonds. The fourth-order valence-corrected chi connectivity index (χ4v) is 2.78. The van der Waals surface area contributed by atoms with Gasteiger partial charge in [0, 0.05) is 24.3 Å². The molecule has 1 aliphatic rings. The molecular weight excluding hydrogens is 346 g/mol. The number of hydrogen-bond donors (Lipinski definition) is 3. The Hall–Kier alpha value is -2.28. The van der Waals surface area contributed by atoms with Crippen molar-refractivity contribution >= 4 is 35.2 Å². The summed E-state index contributed by atoms with van der Waals surface area (Å²) in [6.07, 6.45) is 0.421. The Morgan fingerprint density at radius 2 is 1.96 bits per heavy atom. The zero-order valence-electron chi connectivity index (χ0n) is 14.4. The number of amides is 3. The van der Waals surface area contributed by atoms with Gasteiger partial charge in [0.15, 0.2) is 0 Å². The second-order valence-corrected chi connectivity index (χ2v) is 7.51. The fraction of sp³-hybridized carbons (Fsp3) is 0.471. The van der Waals surface area contributed by atoms with Crippen LogP contribution in [0.15, 0.2) is 18.2 Å². The normalized spacial score (nSPS) is 17.3. The molecule has 1 heterocycles. The Morgan fingerprint density at radius 3 is 2.52 bits per heavy atom. The molecule has 2 rings (SSSR count). The topological polar surface area (TPSA) is 98.7 Å². The number of likely N-dealkylation sites (tertiary alicyclic amines) is 1. The van der Waals surface area contributed by atoms with Gasteiger partial charge in [-0.15, -0.1) is 0 Å². The van der Waals surface area contributed by atoms with Crippen molar-refractivity contribution in [2.24, 2.45) is 5.92 Å². The molecule has 0 radical (unpaired) electrons. The number of hydrogen-bond acceptors (Lipinski definition) is 3. The van der Waals surface area contributed by atoms with Crippen LogP contribution in [0.4, 0.5) is 10.5 Å². The lowest BCUT2D eigenvalue weighted by Gasteiger charge is -2.21. The van der Waals surface area contributed by atoms with Crippen LogP contribution in [0.2, 0.25) is 5.02 Å². The molecular formula is C17H22ClN3O4. The lowest BCUT2D eigenvalue weighted by Crippen LogP contribution is -2.43. The predicted molar refractivity (Wildman–Crippen MR) is 95.0 cm³/mol. The van der Waals surface area contributed by atoms with Gasteiger partial charge < -0.3 is 20.6 Å². The minimum absolute atomic E-state index is 0.159. The van der Waals surface area contributed by atoms with Crippen molar-refractivity contribution in [1.29, 1.82) is 0 Å². The first-order valence-electron chi connectivity index (χ1n) is 7.97.